The van der Waals surface area contributed by atoms with Crippen molar-refractivity contribution < 1.29 is 9.90 Å². The van der Waals surface area contributed by atoms with E-state index in [1.54, 1.807) is 17.8 Å². The number of nitrogens with zero attached hydrogens (tertiary/aromatic N) is 3. The minimum Gasteiger partial charge on any atom is -0.387 e. The van der Waals surface area contributed by atoms with Gasteiger partial charge < -0.3 is 15.3 Å². The highest BCUT2D eigenvalue weighted by atomic mass is 16.3. The molecule has 0 fully saturated rings. The number of aromatic nitrogens is 2. The zero-order valence-electron chi connectivity index (χ0n) is 11.3. The van der Waals surface area contributed by atoms with Gasteiger partial charge in [-0.15, -0.1) is 0 Å². The second-order valence-corrected chi connectivity index (χ2v) is 5.03. The van der Waals surface area contributed by atoms with Gasteiger partial charge in [-0.1, -0.05) is 0 Å². The van der Waals surface area contributed by atoms with Crippen LogP contribution in [0.15, 0.2) is 18.5 Å². The highest BCUT2D eigenvalue weighted by Crippen LogP contribution is 2.02. The molecule has 0 aliphatic rings. The Kier molecular flexibility index (Phi) is 5.30. The Labute approximate surface area is 108 Å². The maximum Gasteiger partial charge on any atom is 0.221 e. The van der Waals surface area contributed by atoms with Crippen LogP contribution in [0.1, 0.15) is 13.3 Å². The predicted molar refractivity (Wildman–Crippen MR) is 69.0 cm³/mol. The van der Waals surface area contributed by atoms with E-state index in [1.807, 2.05) is 31.3 Å². The van der Waals surface area contributed by atoms with E-state index in [2.05, 4.69) is 10.4 Å². The second-order valence-electron chi connectivity index (χ2n) is 5.03. The molecule has 1 heterocycles. The number of aryl methyl sites for hydroxylation is 1. The van der Waals surface area contributed by atoms with Crippen LogP contribution in [0.25, 0.3) is 0 Å². The molecular formula is C12H22N4O2. The minimum absolute atomic E-state index is 0.0791. The smallest absolute Gasteiger partial charge is 0.221 e. The minimum atomic E-state index is -0.912. The van der Waals surface area contributed by atoms with E-state index in [-0.39, 0.29) is 12.5 Å². The first kappa shape index (κ1) is 14.7. The number of aliphatic hydroxyl groups is 1. The van der Waals surface area contributed by atoms with Crippen LogP contribution in [0.3, 0.4) is 0 Å². The molecule has 6 nitrogen and oxygen atoms in total. The fourth-order valence-corrected chi connectivity index (χ4v) is 1.76. The van der Waals surface area contributed by atoms with Gasteiger partial charge in [-0.05, 0) is 27.1 Å². The summed E-state index contributed by atoms with van der Waals surface area (Å²) in [6, 6.07) is 1.82. The molecule has 0 bridgehead atoms. The van der Waals surface area contributed by atoms with Crippen LogP contribution in [-0.4, -0.2) is 58.5 Å². The molecule has 1 amide bonds. The Hall–Kier alpha value is -1.40. The number of nitrogens with one attached hydrogen (secondary N) is 1. The van der Waals surface area contributed by atoms with Gasteiger partial charge in [0.15, 0.2) is 0 Å². The lowest BCUT2D eigenvalue weighted by Crippen LogP contribution is -2.47. The molecule has 0 radical (unpaired) electrons. The number of likely N-dealkylation sites (N-methyl/N-ethyl adjacent to an activating group) is 1. The molecule has 102 valence electrons. The number of amides is 1. The van der Waals surface area contributed by atoms with Crippen molar-refractivity contribution in [1.82, 2.24) is 20.0 Å². The Balaban J connectivity index is 2.24. The summed E-state index contributed by atoms with van der Waals surface area (Å²) in [4.78, 5) is 13.5. The molecule has 0 saturated heterocycles. The number of hydrogen-bond acceptors (Lipinski definition) is 4. The van der Waals surface area contributed by atoms with E-state index in [0.29, 0.717) is 19.5 Å². The number of carbonyl (C=O) groups is 1. The van der Waals surface area contributed by atoms with Gasteiger partial charge in [0, 0.05) is 38.4 Å². The molecule has 1 unspecified atom stereocenters. The first-order chi connectivity index (χ1) is 8.39. The van der Waals surface area contributed by atoms with Crippen molar-refractivity contribution >= 4 is 5.91 Å². The van der Waals surface area contributed by atoms with E-state index in [1.165, 1.54) is 0 Å². The van der Waals surface area contributed by atoms with Crippen molar-refractivity contribution in [3.8, 4) is 0 Å². The molecule has 0 aromatic carbocycles. The summed E-state index contributed by atoms with van der Waals surface area (Å²) in [6.07, 6.45) is 3.86. The molecule has 6 heteroatoms. The molecule has 0 saturated carbocycles. The third kappa shape index (κ3) is 5.79. The molecule has 1 aromatic rings. The van der Waals surface area contributed by atoms with Crippen LogP contribution in [0.5, 0.6) is 0 Å². The van der Waals surface area contributed by atoms with Crippen molar-refractivity contribution in [1.29, 1.82) is 0 Å². The standard InChI is InChI=1S/C12H22N4O2/c1-12(18,10-15(2)3)9-13-11(17)5-8-16-7-4-6-14-16/h4,6-7,18H,5,8-10H2,1-3H3,(H,13,17). The van der Waals surface area contributed by atoms with Crippen molar-refractivity contribution in [2.75, 3.05) is 27.2 Å². The molecule has 1 rings (SSSR count). The lowest BCUT2D eigenvalue weighted by atomic mass is 10.1. The molecule has 2 N–H and O–H groups in total. The van der Waals surface area contributed by atoms with Crippen LogP contribution >= 0.6 is 0 Å². The van der Waals surface area contributed by atoms with Gasteiger partial charge in [-0.25, -0.2) is 0 Å². The van der Waals surface area contributed by atoms with E-state index >= 15 is 0 Å². The van der Waals surface area contributed by atoms with Crippen molar-refractivity contribution in [2.45, 2.75) is 25.5 Å². The van der Waals surface area contributed by atoms with Gasteiger partial charge in [-0.3, -0.25) is 9.48 Å². The van der Waals surface area contributed by atoms with E-state index in [4.69, 9.17) is 0 Å². The maximum atomic E-state index is 11.6. The number of hydrogen-bond donors (Lipinski definition) is 2. The third-order valence-electron chi connectivity index (χ3n) is 2.45. The Morgan fingerprint density at radius 3 is 2.83 bits per heavy atom. The van der Waals surface area contributed by atoms with Crippen LogP contribution in [-0.2, 0) is 11.3 Å². The summed E-state index contributed by atoms with van der Waals surface area (Å²) in [5, 5.41) is 16.8. The average Bonchev–Trinajstić information content (AvgIpc) is 2.74. The van der Waals surface area contributed by atoms with Gasteiger partial charge in [0.1, 0.15) is 0 Å². The van der Waals surface area contributed by atoms with Crippen LogP contribution in [0.2, 0.25) is 0 Å². The Bertz CT molecular complexity index is 360. The largest absolute Gasteiger partial charge is 0.387 e. The average molecular weight is 254 g/mol. The van der Waals surface area contributed by atoms with Gasteiger partial charge >= 0.3 is 0 Å². The van der Waals surface area contributed by atoms with E-state index < -0.39 is 5.60 Å². The zero-order valence-corrected chi connectivity index (χ0v) is 11.3. The normalized spacial score (nSPS) is 14.5. The Morgan fingerprint density at radius 2 is 2.28 bits per heavy atom. The van der Waals surface area contributed by atoms with E-state index in [0.717, 1.165) is 0 Å². The van der Waals surface area contributed by atoms with Crippen LogP contribution in [0, 0.1) is 0 Å². The molecule has 1 atom stereocenters. The van der Waals surface area contributed by atoms with Crippen molar-refractivity contribution in [3.05, 3.63) is 18.5 Å². The SMILES string of the molecule is CN(C)CC(C)(O)CNC(=O)CCn1cccn1. The maximum absolute atomic E-state index is 11.6. The summed E-state index contributed by atoms with van der Waals surface area (Å²) in [5.41, 5.74) is -0.912. The first-order valence-electron chi connectivity index (χ1n) is 6.00. The number of rotatable bonds is 7. The Morgan fingerprint density at radius 1 is 1.56 bits per heavy atom. The van der Waals surface area contributed by atoms with Gasteiger partial charge in [0.25, 0.3) is 0 Å². The fourth-order valence-electron chi connectivity index (χ4n) is 1.76. The van der Waals surface area contributed by atoms with Crippen molar-refractivity contribution in [3.63, 3.8) is 0 Å². The summed E-state index contributed by atoms with van der Waals surface area (Å²) < 4.78 is 1.71. The summed E-state index contributed by atoms with van der Waals surface area (Å²) >= 11 is 0. The van der Waals surface area contributed by atoms with E-state index in [9.17, 15) is 9.90 Å². The molecule has 0 spiro atoms. The highest BCUT2D eigenvalue weighted by Gasteiger charge is 2.21. The summed E-state index contributed by atoms with van der Waals surface area (Å²) in [6.45, 7) is 3.02. The van der Waals surface area contributed by atoms with Gasteiger partial charge in [-0.2, -0.15) is 5.10 Å². The molecule has 18 heavy (non-hydrogen) atoms. The molecule has 1 aromatic heterocycles. The molecule has 0 aliphatic carbocycles. The predicted octanol–water partition coefficient (Wildman–Crippen LogP) is -0.298. The monoisotopic (exact) mass is 254 g/mol. The molecule has 0 aliphatic heterocycles. The lowest BCUT2D eigenvalue weighted by molar-refractivity contribution is -0.122. The van der Waals surface area contributed by atoms with Crippen molar-refractivity contribution in [2.24, 2.45) is 0 Å². The third-order valence-corrected chi connectivity index (χ3v) is 2.45. The fraction of sp³-hybridized carbons (Fsp3) is 0.667. The van der Waals surface area contributed by atoms with Crippen LogP contribution < -0.4 is 5.32 Å². The zero-order chi connectivity index (χ0) is 13.6. The van der Waals surface area contributed by atoms with Crippen LogP contribution in [0.4, 0.5) is 0 Å². The summed E-state index contributed by atoms with van der Waals surface area (Å²) in [7, 11) is 3.77. The first-order valence-corrected chi connectivity index (χ1v) is 6.00. The van der Waals surface area contributed by atoms with Gasteiger partial charge in [0.2, 0.25) is 5.91 Å². The van der Waals surface area contributed by atoms with Gasteiger partial charge in [0.05, 0.1) is 5.60 Å². The lowest BCUT2D eigenvalue weighted by Gasteiger charge is -2.27. The number of carbonyl (C=O) groups excluding carboxylic acids is 1. The second kappa shape index (κ2) is 6.51. The highest BCUT2D eigenvalue weighted by molar-refractivity contribution is 5.75. The molecular weight excluding hydrogens is 232 g/mol. The topological polar surface area (TPSA) is 70.4 Å². The quantitative estimate of drug-likeness (QED) is 0.701. The summed E-state index contributed by atoms with van der Waals surface area (Å²) in [5.74, 6) is -0.0791.